The molecule has 0 fully saturated rings. The van der Waals surface area contributed by atoms with E-state index in [1.54, 1.807) is 19.1 Å². The van der Waals surface area contributed by atoms with E-state index < -0.39 is 0 Å². The van der Waals surface area contributed by atoms with Crippen LogP contribution in [0.4, 0.5) is 10.1 Å². The molecule has 11 heavy (non-hydrogen) atoms. The molecule has 0 heterocycles. The Hall–Kier alpha value is -1.31. The van der Waals surface area contributed by atoms with Crippen LogP contribution in [0.25, 0.3) is 6.08 Å². The molecule has 0 saturated carbocycles. The van der Waals surface area contributed by atoms with Crippen LogP contribution in [0.15, 0.2) is 18.7 Å². The second-order valence-corrected chi connectivity index (χ2v) is 2.45. The van der Waals surface area contributed by atoms with Gasteiger partial charge < -0.3 is 5.73 Å². The lowest BCUT2D eigenvalue weighted by molar-refractivity contribution is 0.616. The lowest BCUT2D eigenvalue weighted by Crippen LogP contribution is -1.92. The van der Waals surface area contributed by atoms with Gasteiger partial charge in [-0.3, -0.25) is 0 Å². The summed E-state index contributed by atoms with van der Waals surface area (Å²) >= 11 is 0. The van der Waals surface area contributed by atoms with Crippen LogP contribution in [-0.2, 0) is 0 Å². The van der Waals surface area contributed by atoms with E-state index in [0.717, 1.165) is 0 Å². The van der Waals surface area contributed by atoms with Crippen LogP contribution in [0, 0.1) is 12.7 Å². The minimum absolute atomic E-state index is 0.241. The van der Waals surface area contributed by atoms with E-state index in [1.165, 1.54) is 6.08 Å². The molecule has 1 aromatic carbocycles. The summed E-state index contributed by atoms with van der Waals surface area (Å²) in [5.74, 6) is -0.241. The third-order valence-corrected chi connectivity index (χ3v) is 1.52. The van der Waals surface area contributed by atoms with Crippen molar-refractivity contribution in [3.8, 4) is 0 Å². The van der Waals surface area contributed by atoms with Crippen LogP contribution in [0.1, 0.15) is 11.1 Å². The zero-order chi connectivity index (χ0) is 8.43. The van der Waals surface area contributed by atoms with Gasteiger partial charge in [0.05, 0.1) is 0 Å². The Kier molecular flexibility index (Phi) is 1.94. The number of nitrogens with two attached hydrogens (primary N) is 1. The topological polar surface area (TPSA) is 26.0 Å². The van der Waals surface area contributed by atoms with Crippen molar-refractivity contribution < 1.29 is 4.39 Å². The molecule has 58 valence electrons. The number of aryl methyl sites for hydroxylation is 1. The Balaban J connectivity index is 3.35. The van der Waals surface area contributed by atoms with E-state index in [9.17, 15) is 4.39 Å². The summed E-state index contributed by atoms with van der Waals surface area (Å²) < 4.78 is 13.1. The van der Waals surface area contributed by atoms with Gasteiger partial charge in [0.2, 0.25) is 0 Å². The molecule has 0 spiro atoms. The number of hydrogen-bond donors (Lipinski definition) is 1. The molecule has 1 nitrogen and oxygen atoms in total. The molecule has 2 N–H and O–H groups in total. The SMILES string of the molecule is C=Cc1cc(N)cc(C)c1F. The first-order valence-corrected chi connectivity index (χ1v) is 3.33. The van der Waals surface area contributed by atoms with Gasteiger partial charge in [0, 0.05) is 11.3 Å². The number of rotatable bonds is 1. The lowest BCUT2D eigenvalue weighted by atomic mass is 10.1. The maximum absolute atomic E-state index is 13.1. The smallest absolute Gasteiger partial charge is 0.133 e. The van der Waals surface area contributed by atoms with E-state index in [-0.39, 0.29) is 5.82 Å². The zero-order valence-corrected chi connectivity index (χ0v) is 6.39. The highest BCUT2D eigenvalue weighted by atomic mass is 19.1. The summed E-state index contributed by atoms with van der Waals surface area (Å²) in [7, 11) is 0. The first-order chi connectivity index (χ1) is 5.15. The monoisotopic (exact) mass is 151 g/mol. The van der Waals surface area contributed by atoms with Gasteiger partial charge in [0.25, 0.3) is 0 Å². The van der Waals surface area contributed by atoms with Crippen molar-refractivity contribution in [2.75, 3.05) is 5.73 Å². The molecule has 2 heteroatoms. The zero-order valence-electron chi connectivity index (χ0n) is 6.39. The van der Waals surface area contributed by atoms with Crippen LogP contribution >= 0.6 is 0 Å². The summed E-state index contributed by atoms with van der Waals surface area (Å²) in [5.41, 5.74) is 7.07. The second kappa shape index (κ2) is 2.74. The maximum Gasteiger partial charge on any atom is 0.133 e. The van der Waals surface area contributed by atoms with Crippen molar-refractivity contribution in [3.05, 3.63) is 35.7 Å². The summed E-state index contributed by atoms with van der Waals surface area (Å²) in [4.78, 5) is 0. The number of nitrogen functional groups attached to an aromatic ring is 1. The van der Waals surface area contributed by atoms with Gasteiger partial charge in [0.15, 0.2) is 0 Å². The van der Waals surface area contributed by atoms with E-state index in [0.29, 0.717) is 16.8 Å². The molecule has 0 aliphatic rings. The molecule has 0 radical (unpaired) electrons. The van der Waals surface area contributed by atoms with Crippen LogP contribution in [-0.4, -0.2) is 0 Å². The van der Waals surface area contributed by atoms with Crippen LogP contribution in [0.2, 0.25) is 0 Å². The molecule has 0 atom stereocenters. The minimum Gasteiger partial charge on any atom is -0.399 e. The highest BCUT2D eigenvalue weighted by Gasteiger charge is 2.02. The molecule has 0 aromatic heterocycles. The maximum atomic E-state index is 13.1. The van der Waals surface area contributed by atoms with E-state index in [1.807, 2.05) is 0 Å². The largest absolute Gasteiger partial charge is 0.399 e. The fourth-order valence-corrected chi connectivity index (χ4v) is 0.974. The summed E-state index contributed by atoms with van der Waals surface area (Å²) in [6.45, 7) is 5.16. The van der Waals surface area contributed by atoms with Gasteiger partial charge in [-0.15, -0.1) is 0 Å². The molecule has 0 aliphatic carbocycles. The number of anilines is 1. The van der Waals surface area contributed by atoms with Gasteiger partial charge in [-0.05, 0) is 24.6 Å². The molecule has 0 bridgehead atoms. The highest BCUT2D eigenvalue weighted by Crippen LogP contribution is 2.17. The molecule has 1 rings (SSSR count). The summed E-state index contributed by atoms with van der Waals surface area (Å²) in [5, 5.41) is 0. The lowest BCUT2D eigenvalue weighted by Gasteiger charge is -2.02. The van der Waals surface area contributed by atoms with Crippen molar-refractivity contribution in [3.63, 3.8) is 0 Å². The quantitative estimate of drug-likeness (QED) is 0.612. The van der Waals surface area contributed by atoms with E-state index >= 15 is 0 Å². The Labute approximate surface area is 65.3 Å². The van der Waals surface area contributed by atoms with Crippen molar-refractivity contribution in [1.29, 1.82) is 0 Å². The fourth-order valence-electron chi connectivity index (χ4n) is 0.974. The van der Waals surface area contributed by atoms with Crippen molar-refractivity contribution in [2.24, 2.45) is 0 Å². The predicted octanol–water partition coefficient (Wildman–Crippen LogP) is 2.36. The Morgan fingerprint density at radius 2 is 2.18 bits per heavy atom. The highest BCUT2D eigenvalue weighted by molar-refractivity contribution is 5.56. The van der Waals surface area contributed by atoms with Crippen LogP contribution in [0.3, 0.4) is 0 Å². The Morgan fingerprint density at radius 1 is 1.55 bits per heavy atom. The second-order valence-electron chi connectivity index (χ2n) is 2.45. The first-order valence-electron chi connectivity index (χ1n) is 3.33. The standard InChI is InChI=1S/C9H10FN/c1-3-7-5-8(11)4-6(2)9(7)10/h3-5H,1,11H2,2H3. The normalized spacial score (nSPS) is 9.64. The molecule has 0 unspecified atom stereocenters. The molecule has 0 amide bonds. The number of hydrogen-bond acceptors (Lipinski definition) is 1. The molecule has 0 saturated heterocycles. The van der Waals surface area contributed by atoms with Gasteiger partial charge in [-0.25, -0.2) is 4.39 Å². The Bertz CT molecular complexity index is 292. The van der Waals surface area contributed by atoms with E-state index in [4.69, 9.17) is 5.73 Å². The van der Waals surface area contributed by atoms with Gasteiger partial charge in [0.1, 0.15) is 5.82 Å². The average molecular weight is 151 g/mol. The van der Waals surface area contributed by atoms with Crippen molar-refractivity contribution in [2.45, 2.75) is 6.92 Å². The van der Waals surface area contributed by atoms with Crippen molar-refractivity contribution in [1.82, 2.24) is 0 Å². The van der Waals surface area contributed by atoms with Crippen molar-refractivity contribution >= 4 is 11.8 Å². The minimum atomic E-state index is -0.241. The Morgan fingerprint density at radius 3 is 2.73 bits per heavy atom. The molecular weight excluding hydrogens is 141 g/mol. The molecule has 1 aromatic rings. The third-order valence-electron chi connectivity index (χ3n) is 1.52. The first kappa shape index (κ1) is 7.79. The summed E-state index contributed by atoms with van der Waals surface area (Å²) in [6, 6.07) is 3.16. The summed E-state index contributed by atoms with van der Waals surface area (Å²) in [6.07, 6.45) is 1.46. The fraction of sp³-hybridized carbons (Fsp3) is 0.111. The average Bonchev–Trinajstić information content (AvgIpc) is 1.96. The van der Waals surface area contributed by atoms with Gasteiger partial charge in [-0.2, -0.15) is 0 Å². The predicted molar refractivity (Wildman–Crippen MR) is 45.6 cm³/mol. The number of benzene rings is 1. The third kappa shape index (κ3) is 1.40. The number of halogens is 1. The molecular formula is C9H10FN. The van der Waals surface area contributed by atoms with Crippen LogP contribution in [0.5, 0.6) is 0 Å². The van der Waals surface area contributed by atoms with Crippen LogP contribution < -0.4 is 5.73 Å². The van der Waals surface area contributed by atoms with E-state index in [2.05, 4.69) is 6.58 Å². The molecule has 0 aliphatic heterocycles. The van der Waals surface area contributed by atoms with Gasteiger partial charge in [-0.1, -0.05) is 12.7 Å². The van der Waals surface area contributed by atoms with Gasteiger partial charge >= 0.3 is 0 Å².